The predicted octanol–water partition coefficient (Wildman–Crippen LogP) is 4.26. The van der Waals surface area contributed by atoms with Crippen molar-refractivity contribution < 1.29 is 17.6 Å². The van der Waals surface area contributed by atoms with Crippen molar-refractivity contribution in [3.05, 3.63) is 45.4 Å². The van der Waals surface area contributed by atoms with E-state index in [1.54, 1.807) is 18.7 Å². The molecule has 0 aliphatic heterocycles. The second kappa shape index (κ2) is 5.67. The minimum atomic E-state index is -4.51. The molecule has 1 heterocycles. The van der Waals surface area contributed by atoms with Gasteiger partial charge in [-0.25, -0.2) is 4.39 Å². The maximum absolute atomic E-state index is 13.6. The van der Waals surface area contributed by atoms with Gasteiger partial charge in [-0.1, -0.05) is 0 Å². The van der Waals surface area contributed by atoms with Crippen LogP contribution in [0.1, 0.15) is 17.0 Å². The van der Waals surface area contributed by atoms with E-state index in [0.717, 1.165) is 22.3 Å². The van der Waals surface area contributed by atoms with Crippen LogP contribution in [0, 0.1) is 12.7 Å². The molecule has 0 aliphatic rings. The summed E-state index contributed by atoms with van der Waals surface area (Å²) in [6.45, 7) is 1.94. The van der Waals surface area contributed by atoms with Crippen molar-refractivity contribution >= 4 is 21.6 Å². The monoisotopic (exact) mass is 365 g/mol. The minimum Gasteiger partial charge on any atom is -0.377 e. The number of alkyl halides is 3. The molecule has 0 atom stereocenters. The number of hydrogen-bond donors (Lipinski definition) is 1. The highest BCUT2D eigenvalue weighted by Crippen LogP contribution is 2.32. The van der Waals surface area contributed by atoms with Crippen LogP contribution in [0.3, 0.4) is 0 Å². The van der Waals surface area contributed by atoms with Crippen molar-refractivity contribution in [2.24, 2.45) is 7.05 Å². The summed E-state index contributed by atoms with van der Waals surface area (Å²) in [7, 11) is 1.71. The Morgan fingerprint density at radius 1 is 1.33 bits per heavy atom. The Bertz CT molecular complexity index is 664. The summed E-state index contributed by atoms with van der Waals surface area (Å²) in [5, 5.41) is 6.83. The van der Waals surface area contributed by atoms with Crippen molar-refractivity contribution in [3.63, 3.8) is 0 Å². The molecule has 0 aliphatic carbocycles. The Hall–Kier alpha value is -1.57. The van der Waals surface area contributed by atoms with Crippen LogP contribution in [0.15, 0.2) is 22.7 Å². The first-order valence-corrected chi connectivity index (χ1v) is 6.78. The maximum atomic E-state index is 13.6. The number of benzene rings is 1. The zero-order valence-electron chi connectivity index (χ0n) is 11.2. The standard InChI is InChI=1S/C13H12BrF4N3/c1-7-12(14)11(21(2)20-7)6-19-10-5-8(13(16,17)18)3-4-9(10)15/h3-5,19H,6H2,1-2H3. The Morgan fingerprint density at radius 3 is 2.52 bits per heavy atom. The van der Waals surface area contributed by atoms with Crippen molar-refractivity contribution in [3.8, 4) is 0 Å². The number of nitrogens with one attached hydrogen (secondary N) is 1. The lowest BCUT2D eigenvalue weighted by atomic mass is 10.2. The van der Waals surface area contributed by atoms with Gasteiger partial charge in [-0.2, -0.15) is 18.3 Å². The second-order valence-corrected chi connectivity index (χ2v) is 5.31. The van der Waals surface area contributed by atoms with Gasteiger partial charge in [-0.05, 0) is 41.1 Å². The average molecular weight is 366 g/mol. The van der Waals surface area contributed by atoms with Gasteiger partial charge in [0, 0.05) is 7.05 Å². The molecule has 0 saturated heterocycles. The van der Waals surface area contributed by atoms with E-state index in [2.05, 4.69) is 26.3 Å². The Balaban J connectivity index is 2.24. The normalized spacial score (nSPS) is 11.8. The quantitative estimate of drug-likeness (QED) is 0.823. The van der Waals surface area contributed by atoms with Gasteiger partial charge in [0.15, 0.2) is 0 Å². The number of rotatable bonds is 3. The summed E-state index contributed by atoms with van der Waals surface area (Å²) in [6.07, 6.45) is -4.51. The smallest absolute Gasteiger partial charge is 0.377 e. The zero-order chi connectivity index (χ0) is 15.8. The number of aromatic nitrogens is 2. The van der Waals surface area contributed by atoms with Crippen LogP contribution in [-0.2, 0) is 19.8 Å². The van der Waals surface area contributed by atoms with E-state index < -0.39 is 17.6 Å². The number of hydrogen-bond acceptors (Lipinski definition) is 2. The van der Waals surface area contributed by atoms with Gasteiger partial charge in [-0.3, -0.25) is 4.68 Å². The minimum absolute atomic E-state index is 0.149. The molecule has 1 N–H and O–H groups in total. The third-order valence-corrected chi connectivity index (χ3v) is 4.03. The SMILES string of the molecule is Cc1nn(C)c(CNc2cc(C(F)(F)F)ccc2F)c1Br. The van der Waals surface area contributed by atoms with Gasteiger partial charge in [0.2, 0.25) is 0 Å². The molecule has 114 valence electrons. The van der Waals surface area contributed by atoms with Crippen LogP contribution >= 0.6 is 15.9 Å². The summed E-state index contributed by atoms with van der Waals surface area (Å²) in [5.74, 6) is -0.738. The van der Waals surface area contributed by atoms with Gasteiger partial charge in [0.1, 0.15) is 5.82 Å². The van der Waals surface area contributed by atoms with E-state index in [1.807, 2.05) is 0 Å². The molecule has 0 fully saturated rings. The largest absolute Gasteiger partial charge is 0.416 e. The topological polar surface area (TPSA) is 29.9 Å². The van der Waals surface area contributed by atoms with Crippen molar-refractivity contribution in [2.45, 2.75) is 19.6 Å². The van der Waals surface area contributed by atoms with Crippen molar-refractivity contribution in [1.29, 1.82) is 0 Å². The summed E-state index contributed by atoms with van der Waals surface area (Å²) in [5.41, 5.74) is 0.366. The molecule has 8 heteroatoms. The van der Waals surface area contributed by atoms with Crippen LogP contribution < -0.4 is 5.32 Å². The van der Waals surface area contributed by atoms with Gasteiger partial charge in [0.05, 0.1) is 33.7 Å². The summed E-state index contributed by atoms with van der Waals surface area (Å²) >= 11 is 3.34. The van der Waals surface area contributed by atoms with E-state index in [-0.39, 0.29) is 12.2 Å². The fraction of sp³-hybridized carbons (Fsp3) is 0.308. The third kappa shape index (κ3) is 3.37. The number of anilines is 1. The fourth-order valence-electron chi connectivity index (χ4n) is 1.89. The molecule has 3 nitrogen and oxygen atoms in total. The summed E-state index contributed by atoms with van der Waals surface area (Å²) in [4.78, 5) is 0. The molecule has 1 aromatic heterocycles. The average Bonchev–Trinajstić information content (AvgIpc) is 2.62. The van der Waals surface area contributed by atoms with E-state index >= 15 is 0 Å². The number of aryl methyl sites for hydroxylation is 2. The van der Waals surface area contributed by atoms with Crippen LogP contribution in [-0.4, -0.2) is 9.78 Å². The van der Waals surface area contributed by atoms with Crippen LogP contribution in [0.5, 0.6) is 0 Å². The highest BCUT2D eigenvalue weighted by molar-refractivity contribution is 9.10. The van der Waals surface area contributed by atoms with Gasteiger partial charge < -0.3 is 5.32 Å². The first kappa shape index (κ1) is 15.8. The van der Waals surface area contributed by atoms with E-state index in [9.17, 15) is 17.6 Å². The lowest BCUT2D eigenvalue weighted by molar-refractivity contribution is -0.137. The summed E-state index contributed by atoms with van der Waals surface area (Å²) < 4.78 is 53.8. The van der Waals surface area contributed by atoms with E-state index in [4.69, 9.17) is 0 Å². The molecule has 0 spiro atoms. The van der Waals surface area contributed by atoms with Gasteiger partial charge in [0.25, 0.3) is 0 Å². The zero-order valence-corrected chi connectivity index (χ0v) is 12.8. The molecule has 1 aromatic carbocycles. The maximum Gasteiger partial charge on any atom is 0.416 e. The lowest BCUT2D eigenvalue weighted by Crippen LogP contribution is -2.10. The predicted molar refractivity (Wildman–Crippen MR) is 74.4 cm³/mol. The molecule has 0 saturated carbocycles. The molecule has 0 bridgehead atoms. The van der Waals surface area contributed by atoms with Crippen LogP contribution in [0.4, 0.5) is 23.2 Å². The van der Waals surface area contributed by atoms with Crippen LogP contribution in [0.25, 0.3) is 0 Å². The van der Waals surface area contributed by atoms with Gasteiger partial charge in [-0.15, -0.1) is 0 Å². The molecule has 0 radical (unpaired) electrons. The van der Waals surface area contributed by atoms with Crippen LogP contribution in [0.2, 0.25) is 0 Å². The second-order valence-electron chi connectivity index (χ2n) is 4.52. The third-order valence-electron chi connectivity index (χ3n) is 3.00. The van der Waals surface area contributed by atoms with E-state index in [1.165, 1.54) is 0 Å². The van der Waals surface area contributed by atoms with E-state index in [0.29, 0.717) is 11.8 Å². The molecular formula is C13H12BrF4N3. The fourth-order valence-corrected chi connectivity index (χ4v) is 2.36. The molecular weight excluding hydrogens is 354 g/mol. The highest BCUT2D eigenvalue weighted by atomic mass is 79.9. The number of halogens is 5. The molecule has 0 amide bonds. The van der Waals surface area contributed by atoms with Crippen molar-refractivity contribution in [1.82, 2.24) is 9.78 Å². The molecule has 2 rings (SSSR count). The Labute approximate surface area is 127 Å². The highest BCUT2D eigenvalue weighted by Gasteiger charge is 2.31. The lowest BCUT2D eigenvalue weighted by Gasteiger charge is -2.12. The molecule has 21 heavy (non-hydrogen) atoms. The first-order chi connectivity index (χ1) is 9.70. The van der Waals surface area contributed by atoms with Gasteiger partial charge >= 0.3 is 6.18 Å². The molecule has 0 unspecified atom stereocenters. The number of nitrogens with zero attached hydrogens (tertiary/aromatic N) is 2. The Kier molecular flexibility index (Phi) is 4.27. The summed E-state index contributed by atoms with van der Waals surface area (Å²) in [6, 6.07) is 2.27. The molecule has 2 aromatic rings. The Morgan fingerprint density at radius 2 is 2.00 bits per heavy atom. The van der Waals surface area contributed by atoms with Crippen molar-refractivity contribution in [2.75, 3.05) is 5.32 Å². The first-order valence-electron chi connectivity index (χ1n) is 5.98.